The lowest BCUT2D eigenvalue weighted by atomic mass is 9.82. The van der Waals surface area contributed by atoms with Gasteiger partial charge in [-0.1, -0.05) is 6.92 Å². The zero-order valence-corrected chi connectivity index (χ0v) is 11.1. The van der Waals surface area contributed by atoms with Gasteiger partial charge in [-0.25, -0.2) is 9.97 Å². The van der Waals surface area contributed by atoms with Gasteiger partial charge in [-0.3, -0.25) is 0 Å². The van der Waals surface area contributed by atoms with Gasteiger partial charge >= 0.3 is 0 Å². The standard InChI is InChI=1S/C13H22N4O/c1-3-4-12-15-11(14)7-13(16-12)17(2)8-9-5-10(18)6-9/h7,9-10,18H,3-6,8H2,1-2H3,(H2,14,15,16). The fraction of sp³-hybridized carbons (Fsp3) is 0.692. The minimum absolute atomic E-state index is 0.102. The van der Waals surface area contributed by atoms with E-state index in [1.54, 1.807) is 0 Å². The van der Waals surface area contributed by atoms with Crippen LogP contribution in [-0.2, 0) is 6.42 Å². The first-order chi connectivity index (χ1) is 8.58. The van der Waals surface area contributed by atoms with Crippen molar-refractivity contribution >= 4 is 11.6 Å². The van der Waals surface area contributed by atoms with Crippen LogP contribution in [0.25, 0.3) is 0 Å². The van der Waals surface area contributed by atoms with Crippen LogP contribution < -0.4 is 10.6 Å². The predicted molar refractivity (Wildman–Crippen MR) is 72.4 cm³/mol. The van der Waals surface area contributed by atoms with E-state index in [1.165, 1.54) is 0 Å². The number of anilines is 2. The van der Waals surface area contributed by atoms with E-state index in [2.05, 4.69) is 21.8 Å². The lowest BCUT2D eigenvalue weighted by molar-refractivity contribution is 0.0464. The van der Waals surface area contributed by atoms with Gasteiger partial charge in [0.25, 0.3) is 0 Å². The van der Waals surface area contributed by atoms with Gasteiger partial charge in [0.1, 0.15) is 17.5 Å². The maximum Gasteiger partial charge on any atom is 0.134 e. The van der Waals surface area contributed by atoms with Crippen molar-refractivity contribution in [3.8, 4) is 0 Å². The van der Waals surface area contributed by atoms with Crippen LogP contribution in [0.5, 0.6) is 0 Å². The number of aryl methyl sites for hydroxylation is 1. The van der Waals surface area contributed by atoms with Crippen LogP contribution in [0.1, 0.15) is 32.0 Å². The van der Waals surface area contributed by atoms with E-state index < -0.39 is 0 Å². The molecular weight excluding hydrogens is 228 g/mol. The number of aromatic nitrogens is 2. The van der Waals surface area contributed by atoms with Gasteiger partial charge in [-0.2, -0.15) is 0 Å². The fourth-order valence-electron chi connectivity index (χ4n) is 2.36. The number of rotatable bonds is 5. The summed E-state index contributed by atoms with van der Waals surface area (Å²) in [6.45, 7) is 3.02. The van der Waals surface area contributed by atoms with Crippen molar-refractivity contribution in [3.63, 3.8) is 0 Å². The third-order valence-electron chi connectivity index (χ3n) is 3.39. The Morgan fingerprint density at radius 2 is 2.17 bits per heavy atom. The largest absolute Gasteiger partial charge is 0.393 e. The smallest absolute Gasteiger partial charge is 0.134 e. The molecule has 3 N–H and O–H groups in total. The molecule has 5 nitrogen and oxygen atoms in total. The average Bonchev–Trinajstić information content (AvgIpc) is 2.26. The third kappa shape index (κ3) is 3.10. The van der Waals surface area contributed by atoms with Crippen LogP contribution in [-0.4, -0.2) is 34.8 Å². The number of nitrogen functional groups attached to an aromatic ring is 1. The molecular formula is C13H22N4O. The van der Waals surface area contributed by atoms with Crippen LogP contribution in [0.4, 0.5) is 11.6 Å². The molecule has 1 aromatic rings. The van der Waals surface area contributed by atoms with E-state index in [4.69, 9.17) is 5.73 Å². The molecule has 0 amide bonds. The molecule has 5 heteroatoms. The van der Waals surface area contributed by atoms with Crippen LogP contribution in [0, 0.1) is 5.92 Å². The molecule has 1 aromatic heterocycles. The molecule has 0 spiro atoms. The second kappa shape index (κ2) is 5.52. The maximum absolute atomic E-state index is 9.30. The Morgan fingerprint density at radius 1 is 1.44 bits per heavy atom. The van der Waals surface area contributed by atoms with Crippen LogP contribution >= 0.6 is 0 Å². The van der Waals surface area contributed by atoms with Gasteiger partial charge in [0.05, 0.1) is 6.10 Å². The lowest BCUT2D eigenvalue weighted by Gasteiger charge is -2.34. The molecule has 0 aromatic carbocycles. The van der Waals surface area contributed by atoms with Crippen LogP contribution in [0.2, 0.25) is 0 Å². The Labute approximate surface area is 108 Å². The number of aliphatic hydroxyl groups excluding tert-OH is 1. The lowest BCUT2D eigenvalue weighted by Crippen LogP contribution is -2.37. The summed E-state index contributed by atoms with van der Waals surface area (Å²) in [5.74, 6) is 2.79. The molecule has 0 unspecified atom stereocenters. The molecule has 1 saturated carbocycles. The van der Waals surface area contributed by atoms with Crippen molar-refractivity contribution < 1.29 is 5.11 Å². The zero-order chi connectivity index (χ0) is 13.1. The molecule has 0 bridgehead atoms. The summed E-state index contributed by atoms with van der Waals surface area (Å²) in [5, 5.41) is 9.30. The van der Waals surface area contributed by atoms with Crippen molar-refractivity contribution in [1.29, 1.82) is 0 Å². The van der Waals surface area contributed by atoms with Gasteiger partial charge in [0.2, 0.25) is 0 Å². The second-order valence-electron chi connectivity index (χ2n) is 5.19. The molecule has 2 rings (SSSR count). The van der Waals surface area contributed by atoms with E-state index in [0.717, 1.165) is 43.9 Å². The topological polar surface area (TPSA) is 75.3 Å². The Bertz CT molecular complexity index is 404. The highest BCUT2D eigenvalue weighted by molar-refractivity contribution is 5.46. The molecule has 1 fully saturated rings. The molecule has 100 valence electrons. The number of nitrogens with two attached hydrogens (primary N) is 1. The summed E-state index contributed by atoms with van der Waals surface area (Å²) < 4.78 is 0. The van der Waals surface area contributed by atoms with Crippen LogP contribution in [0.3, 0.4) is 0 Å². The summed E-state index contributed by atoms with van der Waals surface area (Å²) in [4.78, 5) is 10.9. The number of hydrogen-bond acceptors (Lipinski definition) is 5. The SMILES string of the molecule is CCCc1nc(N)cc(N(C)CC2CC(O)C2)n1. The summed E-state index contributed by atoms with van der Waals surface area (Å²) >= 11 is 0. The molecule has 0 radical (unpaired) electrons. The minimum Gasteiger partial charge on any atom is -0.393 e. The Kier molecular flexibility index (Phi) is 4.01. The quantitative estimate of drug-likeness (QED) is 0.821. The van der Waals surface area contributed by atoms with E-state index in [1.807, 2.05) is 13.1 Å². The van der Waals surface area contributed by atoms with Crippen molar-refractivity contribution in [2.75, 3.05) is 24.2 Å². The molecule has 0 atom stereocenters. The summed E-state index contributed by atoms with van der Waals surface area (Å²) in [7, 11) is 2.02. The number of aliphatic hydroxyl groups is 1. The molecule has 1 aliphatic carbocycles. The fourth-order valence-corrected chi connectivity index (χ4v) is 2.36. The first-order valence-corrected chi connectivity index (χ1v) is 6.61. The van der Waals surface area contributed by atoms with E-state index >= 15 is 0 Å². The average molecular weight is 250 g/mol. The molecule has 1 heterocycles. The molecule has 0 saturated heterocycles. The van der Waals surface area contributed by atoms with Crippen LogP contribution in [0.15, 0.2) is 6.07 Å². The number of nitrogens with zero attached hydrogens (tertiary/aromatic N) is 3. The highest BCUT2D eigenvalue weighted by Crippen LogP contribution is 2.28. The maximum atomic E-state index is 9.30. The first kappa shape index (κ1) is 13.1. The summed E-state index contributed by atoms with van der Waals surface area (Å²) in [6, 6.07) is 1.81. The summed E-state index contributed by atoms with van der Waals surface area (Å²) in [6.07, 6.45) is 3.56. The Balaban J connectivity index is 2.02. The highest BCUT2D eigenvalue weighted by atomic mass is 16.3. The molecule has 18 heavy (non-hydrogen) atoms. The van der Waals surface area contributed by atoms with E-state index in [9.17, 15) is 5.11 Å². The van der Waals surface area contributed by atoms with E-state index in [-0.39, 0.29) is 6.10 Å². The Hall–Kier alpha value is -1.36. The van der Waals surface area contributed by atoms with Gasteiger partial charge in [0, 0.05) is 26.1 Å². The van der Waals surface area contributed by atoms with Crippen molar-refractivity contribution in [1.82, 2.24) is 9.97 Å². The minimum atomic E-state index is -0.102. The van der Waals surface area contributed by atoms with Crippen molar-refractivity contribution in [2.45, 2.75) is 38.7 Å². The molecule has 0 aliphatic heterocycles. The third-order valence-corrected chi connectivity index (χ3v) is 3.39. The number of hydrogen-bond donors (Lipinski definition) is 2. The zero-order valence-electron chi connectivity index (χ0n) is 11.1. The second-order valence-corrected chi connectivity index (χ2v) is 5.19. The van der Waals surface area contributed by atoms with Gasteiger partial charge in [-0.15, -0.1) is 0 Å². The monoisotopic (exact) mass is 250 g/mol. The summed E-state index contributed by atoms with van der Waals surface area (Å²) in [5.41, 5.74) is 5.81. The molecule has 1 aliphatic rings. The highest BCUT2D eigenvalue weighted by Gasteiger charge is 2.28. The van der Waals surface area contributed by atoms with Gasteiger partial charge in [-0.05, 0) is 25.2 Å². The normalized spacial score (nSPS) is 22.6. The van der Waals surface area contributed by atoms with E-state index in [0.29, 0.717) is 11.7 Å². The van der Waals surface area contributed by atoms with Crippen molar-refractivity contribution in [3.05, 3.63) is 11.9 Å². The first-order valence-electron chi connectivity index (χ1n) is 6.61. The van der Waals surface area contributed by atoms with Gasteiger partial charge in [0.15, 0.2) is 0 Å². The van der Waals surface area contributed by atoms with Crippen molar-refractivity contribution in [2.24, 2.45) is 5.92 Å². The predicted octanol–water partition coefficient (Wildman–Crippen LogP) is 1.22. The Morgan fingerprint density at radius 3 is 2.78 bits per heavy atom. The van der Waals surface area contributed by atoms with Gasteiger partial charge < -0.3 is 15.7 Å².